The molecule has 0 aliphatic heterocycles. The number of hydrogen-bond donors (Lipinski definition) is 0. The molecule has 7 heteroatoms. The Morgan fingerprint density at radius 2 is 1.95 bits per heavy atom. The Bertz CT molecular complexity index is 622. The monoisotopic (exact) mass is 293 g/mol. The molecule has 1 aromatic carbocycles. The fraction of sp³-hybridized carbons (Fsp3) is 0.429. The van der Waals surface area contributed by atoms with Gasteiger partial charge in [0.2, 0.25) is 5.75 Å². The minimum atomic E-state index is -0.761. The van der Waals surface area contributed by atoms with Crippen LogP contribution in [0.15, 0.2) is 6.07 Å². The Kier molecular flexibility index (Phi) is 4.21. The van der Waals surface area contributed by atoms with Crippen LogP contribution in [0.2, 0.25) is 0 Å². The maximum absolute atomic E-state index is 11.8. The molecule has 0 saturated heterocycles. The van der Waals surface area contributed by atoms with Crippen LogP contribution in [0.3, 0.4) is 0 Å². The third-order valence-corrected chi connectivity index (χ3v) is 3.41. The van der Waals surface area contributed by atoms with E-state index in [0.717, 1.165) is 25.3 Å². The number of aryl methyl sites for hydroxylation is 1. The predicted octanol–water partition coefficient (Wildman–Crippen LogP) is 2.19. The zero-order valence-corrected chi connectivity index (χ0v) is 11.8. The lowest BCUT2D eigenvalue weighted by Gasteiger charge is -2.19. The summed E-state index contributed by atoms with van der Waals surface area (Å²) in [7, 11) is 1.17. The molecule has 0 aromatic heterocycles. The van der Waals surface area contributed by atoms with Gasteiger partial charge >= 0.3 is 17.6 Å². The number of nitrogens with zero attached hydrogens (tertiary/aromatic N) is 1. The number of nitro benzene ring substituents is 1. The Balaban J connectivity index is 2.74. The minimum Gasteiger partial charge on any atom is -0.465 e. The van der Waals surface area contributed by atoms with Crippen molar-refractivity contribution in [2.45, 2.75) is 32.6 Å². The van der Waals surface area contributed by atoms with Gasteiger partial charge in [0.05, 0.1) is 12.0 Å². The van der Waals surface area contributed by atoms with E-state index >= 15 is 0 Å². The van der Waals surface area contributed by atoms with Crippen LogP contribution in [-0.2, 0) is 22.4 Å². The molecule has 0 fully saturated rings. The van der Waals surface area contributed by atoms with E-state index in [1.54, 1.807) is 0 Å². The van der Waals surface area contributed by atoms with Gasteiger partial charge in [-0.25, -0.2) is 4.79 Å². The maximum Gasteiger partial charge on any atom is 0.341 e. The van der Waals surface area contributed by atoms with Crippen molar-refractivity contribution in [2.24, 2.45) is 0 Å². The highest BCUT2D eigenvalue weighted by Gasteiger charge is 2.32. The summed E-state index contributed by atoms with van der Waals surface area (Å²) < 4.78 is 9.58. The Labute approximate surface area is 121 Å². The largest absolute Gasteiger partial charge is 0.465 e. The molecule has 1 aromatic rings. The first kappa shape index (κ1) is 15.0. The van der Waals surface area contributed by atoms with Crippen LogP contribution in [0.25, 0.3) is 0 Å². The fourth-order valence-electron chi connectivity index (χ4n) is 2.56. The number of hydrogen-bond acceptors (Lipinski definition) is 6. The molecule has 0 bridgehead atoms. The zero-order valence-electron chi connectivity index (χ0n) is 11.8. The molecule has 0 unspecified atom stereocenters. The lowest BCUT2D eigenvalue weighted by molar-refractivity contribution is -0.386. The highest BCUT2D eigenvalue weighted by molar-refractivity contribution is 5.96. The van der Waals surface area contributed by atoms with E-state index in [1.807, 2.05) is 0 Å². The van der Waals surface area contributed by atoms with E-state index in [4.69, 9.17) is 4.74 Å². The number of rotatable bonds is 3. The van der Waals surface area contributed by atoms with Gasteiger partial charge in [-0.15, -0.1) is 0 Å². The van der Waals surface area contributed by atoms with Crippen molar-refractivity contribution in [3.05, 3.63) is 32.9 Å². The number of carbonyl (C=O) groups is 2. The topological polar surface area (TPSA) is 95.7 Å². The Morgan fingerprint density at radius 1 is 1.29 bits per heavy atom. The average molecular weight is 293 g/mol. The number of ether oxygens (including phenoxy) is 2. The van der Waals surface area contributed by atoms with Crippen LogP contribution in [0.5, 0.6) is 5.75 Å². The molecule has 1 aliphatic carbocycles. The van der Waals surface area contributed by atoms with E-state index in [9.17, 15) is 19.7 Å². The first-order chi connectivity index (χ1) is 9.95. The number of methoxy groups -OCH3 is 1. The smallest absolute Gasteiger partial charge is 0.341 e. The minimum absolute atomic E-state index is 0.0833. The lowest BCUT2D eigenvalue weighted by atomic mass is 9.88. The van der Waals surface area contributed by atoms with Crippen molar-refractivity contribution in [1.29, 1.82) is 0 Å². The van der Waals surface area contributed by atoms with Gasteiger partial charge in [0.1, 0.15) is 5.56 Å². The summed E-state index contributed by atoms with van der Waals surface area (Å²) in [6.07, 6.45) is 2.91. The lowest BCUT2D eigenvalue weighted by Crippen LogP contribution is -2.15. The number of esters is 2. The molecule has 0 atom stereocenters. The van der Waals surface area contributed by atoms with Crippen molar-refractivity contribution in [2.75, 3.05) is 7.11 Å². The summed E-state index contributed by atoms with van der Waals surface area (Å²) in [6, 6.07) is 1.53. The second kappa shape index (κ2) is 5.90. The maximum atomic E-state index is 11.8. The molecule has 1 aliphatic rings. The molecule has 2 rings (SSSR count). The summed E-state index contributed by atoms with van der Waals surface area (Å²) in [5.41, 5.74) is 0.891. The summed E-state index contributed by atoms with van der Waals surface area (Å²) in [5, 5.41) is 11.4. The second-order valence-corrected chi connectivity index (χ2v) is 4.79. The second-order valence-electron chi connectivity index (χ2n) is 4.79. The third kappa shape index (κ3) is 2.86. The number of carbonyl (C=O) groups excluding carboxylic acids is 2. The van der Waals surface area contributed by atoms with Crippen LogP contribution in [-0.4, -0.2) is 24.0 Å². The molecule has 0 saturated carbocycles. The molecule has 112 valence electrons. The SMILES string of the molecule is COC(=O)c1cc2c(c([N+](=O)[O-])c1OC(C)=O)CCCC2. The van der Waals surface area contributed by atoms with Crippen LogP contribution in [0, 0.1) is 10.1 Å². The van der Waals surface area contributed by atoms with Gasteiger partial charge < -0.3 is 9.47 Å². The van der Waals surface area contributed by atoms with Crippen molar-refractivity contribution in [1.82, 2.24) is 0 Å². The van der Waals surface area contributed by atoms with Crippen molar-refractivity contribution in [3.8, 4) is 5.75 Å². The highest BCUT2D eigenvalue weighted by atomic mass is 16.6. The first-order valence-electron chi connectivity index (χ1n) is 6.55. The summed E-state index contributed by atoms with van der Waals surface area (Å²) in [4.78, 5) is 33.9. The summed E-state index contributed by atoms with van der Waals surface area (Å²) in [6.45, 7) is 1.13. The molecule has 7 nitrogen and oxygen atoms in total. The molecular formula is C14H15NO6. The van der Waals surface area contributed by atoms with Gasteiger partial charge in [-0.05, 0) is 37.3 Å². The van der Waals surface area contributed by atoms with Crippen LogP contribution >= 0.6 is 0 Å². The quantitative estimate of drug-likeness (QED) is 0.367. The van der Waals surface area contributed by atoms with Crippen molar-refractivity contribution in [3.63, 3.8) is 0 Å². The molecule has 0 N–H and O–H groups in total. The van der Waals surface area contributed by atoms with Crippen LogP contribution in [0.4, 0.5) is 5.69 Å². The molecule has 0 heterocycles. The molecule has 0 radical (unpaired) electrons. The number of nitro groups is 1. The van der Waals surface area contributed by atoms with E-state index < -0.39 is 16.9 Å². The standard InChI is InChI=1S/C14H15NO6/c1-8(16)21-13-11(14(17)20-2)7-9-5-3-4-6-10(9)12(13)15(18)19/h7H,3-6H2,1-2H3. The molecule has 0 spiro atoms. The predicted molar refractivity (Wildman–Crippen MR) is 72.4 cm³/mol. The zero-order chi connectivity index (χ0) is 15.6. The van der Waals surface area contributed by atoms with Gasteiger partial charge in [-0.3, -0.25) is 14.9 Å². The van der Waals surface area contributed by atoms with E-state index in [0.29, 0.717) is 18.4 Å². The van der Waals surface area contributed by atoms with E-state index in [2.05, 4.69) is 4.74 Å². The Hall–Kier alpha value is -2.44. The van der Waals surface area contributed by atoms with Gasteiger partial charge in [0, 0.05) is 12.5 Å². The normalized spacial score (nSPS) is 13.2. The molecule has 0 amide bonds. The van der Waals surface area contributed by atoms with Crippen LogP contribution in [0.1, 0.15) is 41.3 Å². The van der Waals surface area contributed by atoms with Gasteiger partial charge in [0.15, 0.2) is 0 Å². The number of fused-ring (bicyclic) bond motifs is 1. The fourth-order valence-corrected chi connectivity index (χ4v) is 2.56. The average Bonchev–Trinajstić information content (AvgIpc) is 2.44. The summed E-state index contributed by atoms with van der Waals surface area (Å²) in [5.74, 6) is -1.80. The van der Waals surface area contributed by atoms with Gasteiger partial charge in [-0.1, -0.05) is 0 Å². The van der Waals surface area contributed by atoms with E-state index in [-0.39, 0.29) is 17.0 Å². The van der Waals surface area contributed by atoms with Gasteiger partial charge in [0.25, 0.3) is 0 Å². The van der Waals surface area contributed by atoms with E-state index in [1.165, 1.54) is 13.2 Å². The Morgan fingerprint density at radius 3 is 2.52 bits per heavy atom. The summed E-state index contributed by atoms with van der Waals surface area (Å²) >= 11 is 0. The van der Waals surface area contributed by atoms with Crippen molar-refractivity contribution < 1.29 is 24.0 Å². The third-order valence-electron chi connectivity index (χ3n) is 3.41. The highest BCUT2D eigenvalue weighted by Crippen LogP contribution is 2.40. The molecular weight excluding hydrogens is 278 g/mol. The van der Waals surface area contributed by atoms with Gasteiger partial charge in [-0.2, -0.15) is 0 Å². The molecule has 21 heavy (non-hydrogen) atoms. The van der Waals surface area contributed by atoms with Crippen LogP contribution < -0.4 is 4.74 Å². The first-order valence-corrected chi connectivity index (χ1v) is 6.55. The van der Waals surface area contributed by atoms with Crippen molar-refractivity contribution >= 4 is 17.6 Å². The number of benzene rings is 1.